The molecule has 3 rings (SSSR count). The van der Waals surface area contributed by atoms with Gasteiger partial charge in [0.2, 0.25) is 5.01 Å². The molecule has 0 unspecified atom stereocenters. The van der Waals surface area contributed by atoms with Crippen LogP contribution in [0.1, 0.15) is 37.7 Å². The summed E-state index contributed by atoms with van der Waals surface area (Å²) in [7, 11) is 0. The first-order valence-electron chi connectivity index (χ1n) is 8.77. The Morgan fingerprint density at radius 1 is 1.07 bits per heavy atom. The van der Waals surface area contributed by atoms with Crippen molar-refractivity contribution in [2.24, 2.45) is 0 Å². The van der Waals surface area contributed by atoms with E-state index >= 15 is 0 Å². The molecule has 1 heterocycles. The molecule has 0 spiro atoms. The smallest absolute Gasteiger partial charge is 0.286 e. The molecule has 7 nitrogen and oxygen atoms in total. The van der Waals surface area contributed by atoms with Gasteiger partial charge in [0.05, 0.1) is 6.61 Å². The lowest BCUT2D eigenvalue weighted by Crippen LogP contribution is -2.23. The Morgan fingerprint density at radius 2 is 1.89 bits per heavy atom. The van der Waals surface area contributed by atoms with Crippen LogP contribution in [0.15, 0.2) is 48.5 Å². The van der Waals surface area contributed by atoms with E-state index in [0.29, 0.717) is 29.4 Å². The maximum Gasteiger partial charge on any atom is 0.286 e. The molecule has 0 fully saturated rings. The van der Waals surface area contributed by atoms with Gasteiger partial charge in [0.25, 0.3) is 11.8 Å². The van der Waals surface area contributed by atoms with Crippen molar-refractivity contribution < 1.29 is 14.3 Å². The van der Waals surface area contributed by atoms with Crippen molar-refractivity contribution in [2.75, 3.05) is 11.9 Å². The second-order valence-electron chi connectivity index (χ2n) is 5.88. The lowest BCUT2D eigenvalue weighted by molar-refractivity contribution is 0.0949. The highest BCUT2D eigenvalue weighted by atomic mass is 32.1. The molecule has 3 aromatic rings. The van der Waals surface area contributed by atoms with Gasteiger partial charge in [-0.15, -0.1) is 10.2 Å². The number of benzene rings is 2. The fourth-order valence-electron chi connectivity index (χ4n) is 2.53. The minimum Gasteiger partial charge on any atom is -0.494 e. The molecule has 0 bridgehead atoms. The third-order valence-electron chi connectivity index (χ3n) is 3.81. The quantitative estimate of drug-likeness (QED) is 0.638. The number of carbonyl (C=O) groups excluding carboxylic acids is 2. The maximum absolute atomic E-state index is 12.5. The molecule has 0 aliphatic carbocycles. The molecule has 2 aromatic carbocycles. The van der Waals surface area contributed by atoms with Crippen LogP contribution in [0.3, 0.4) is 0 Å². The predicted octanol–water partition coefficient (Wildman–Crippen LogP) is 3.43. The van der Waals surface area contributed by atoms with E-state index in [-0.39, 0.29) is 16.8 Å². The Hall–Kier alpha value is -3.26. The largest absolute Gasteiger partial charge is 0.494 e. The van der Waals surface area contributed by atoms with E-state index in [2.05, 4.69) is 20.8 Å². The molecule has 0 aliphatic rings. The summed E-state index contributed by atoms with van der Waals surface area (Å²) < 4.78 is 5.57. The number of ether oxygens (including phenoxy) is 1. The first-order chi connectivity index (χ1) is 13.6. The van der Waals surface area contributed by atoms with Crippen molar-refractivity contribution in [3.63, 3.8) is 0 Å². The number of hydrogen-bond donors (Lipinski definition) is 2. The van der Waals surface area contributed by atoms with E-state index in [1.165, 1.54) is 11.3 Å². The van der Waals surface area contributed by atoms with Gasteiger partial charge in [-0.05, 0) is 38.1 Å². The SMILES string of the molecule is CCOc1ccccc1CNC(=O)c1cccc(NC(=O)c2nnc(C)s2)c1. The molecule has 1 aromatic heterocycles. The van der Waals surface area contributed by atoms with Gasteiger partial charge >= 0.3 is 0 Å². The normalized spacial score (nSPS) is 10.4. The van der Waals surface area contributed by atoms with Crippen molar-refractivity contribution in [3.05, 3.63) is 69.7 Å². The summed E-state index contributed by atoms with van der Waals surface area (Å²) in [5.74, 6) is 0.154. The van der Waals surface area contributed by atoms with Gasteiger partial charge in [-0.1, -0.05) is 35.6 Å². The highest BCUT2D eigenvalue weighted by Gasteiger charge is 2.13. The minimum absolute atomic E-state index is 0.242. The Balaban J connectivity index is 1.65. The zero-order valence-corrected chi connectivity index (χ0v) is 16.4. The van der Waals surface area contributed by atoms with Gasteiger partial charge in [0.15, 0.2) is 0 Å². The van der Waals surface area contributed by atoms with E-state index in [4.69, 9.17) is 4.74 Å². The van der Waals surface area contributed by atoms with Crippen molar-refractivity contribution in [1.82, 2.24) is 15.5 Å². The summed E-state index contributed by atoms with van der Waals surface area (Å²) in [5.41, 5.74) is 1.86. The number of carbonyl (C=O) groups is 2. The molecule has 0 saturated carbocycles. The van der Waals surface area contributed by atoms with E-state index in [1.54, 1.807) is 31.2 Å². The zero-order valence-electron chi connectivity index (χ0n) is 15.6. The number of hydrogen-bond acceptors (Lipinski definition) is 6. The minimum atomic E-state index is -0.353. The highest BCUT2D eigenvalue weighted by molar-refractivity contribution is 7.13. The summed E-state index contributed by atoms with van der Waals surface area (Å²) in [6, 6.07) is 14.3. The molecular weight excluding hydrogens is 376 g/mol. The summed E-state index contributed by atoms with van der Waals surface area (Å²) >= 11 is 1.21. The van der Waals surface area contributed by atoms with E-state index < -0.39 is 0 Å². The van der Waals surface area contributed by atoms with Gasteiger partial charge in [0.1, 0.15) is 10.8 Å². The number of anilines is 1. The fourth-order valence-corrected chi connectivity index (χ4v) is 3.12. The van der Waals surface area contributed by atoms with Crippen molar-refractivity contribution >= 4 is 28.8 Å². The van der Waals surface area contributed by atoms with Crippen molar-refractivity contribution in [3.8, 4) is 5.75 Å². The number of aryl methyl sites for hydroxylation is 1. The molecule has 0 saturated heterocycles. The van der Waals surface area contributed by atoms with Crippen molar-refractivity contribution in [2.45, 2.75) is 20.4 Å². The topological polar surface area (TPSA) is 93.2 Å². The van der Waals surface area contributed by atoms with E-state index in [9.17, 15) is 9.59 Å². The van der Waals surface area contributed by atoms with Gasteiger partial charge in [0, 0.05) is 23.4 Å². The number of para-hydroxylation sites is 1. The third kappa shape index (κ3) is 4.92. The summed E-state index contributed by atoms with van der Waals surface area (Å²) in [6.45, 7) is 4.60. The number of rotatable bonds is 7. The molecule has 8 heteroatoms. The molecule has 0 radical (unpaired) electrons. The highest BCUT2D eigenvalue weighted by Crippen LogP contribution is 2.18. The van der Waals surface area contributed by atoms with Crippen LogP contribution in [0.25, 0.3) is 0 Å². The Bertz CT molecular complexity index is 987. The Labute approximate surface area is 166 Å². The average Bonchev–Trinajstić information content (AvgIpc) is 3.14. The third-order valence-corrected chi connectivity index (χ3v) is 4.65. The van der Waals surface area contributed by atoms with Crippen LogP contribution in [-0.2, 0) is 6.54 Å². The van der Waals surface area contributed by atoms with Gasteiger partial charge in [-0.25, -0.2) is 0 Å². The molecule has 0 atom stereocenters. The standard InChI is InChI=1S/C20H20N4O3S/c1-3-27-17-10-5-4-7-15(17)12-21-18(25)14-8-6-9-16(11-14)22-19(26)20-24-23-13(2)28-20/h4-11H,3,12H2,1-2H3,(H,21,25)(H,22,26). The molecule has 28 heavy (non-hydrogen) atoms. The molecule has 2 amide bonds. The lowest BCUT2D eigenvalue weighted by atomic mass is 10.1. The van der Waals surface area contributed by atoms with Crippen LogP contribution < -0.4 is 15.4 Å². The van der Waals surface area contributed by atoms with Crippen LogP contribution in [0, 0.1) is 6.92 Å². The summed E-state index contributed by atoms with van der Waals surface area (Å²) in [6.07, 6.45) is 0. The molecule has 144 valence electrons. The fraction of sp³-hybridized carbons (Fsp3) is 0.200. The summed E-state index contributed by atoms with van der Waals surface area (Å²) in [4.78, 5) is 24.7. The first-order valence-corrected chi connectivity index (χ1v) is 9.59. The maximum atomic E-state index is 12.5. The van der Waals surface area contributed by atoms with Gasteiger partial charge < -0.3 is 15.4 Å². The second-order valence-corrected chi connectivity index (χ2v) is 7.07. The summed E-state index contributed by atoms with van der Waals surface area (Å²) in [5, 5.41) is 14.3. The van der Waals surface area contributed by atoms with E-state index in [1.807, 2.05) is 31.2 Å². The molecule has 0 aliphatic heterocycles. The first kappa shape index (κ1) is 19.5. The predicted molar refractivity (Wildman–Crippen MR) is 108 cm³/mol. The monoisotopic (exact) mass is 396 g/mol. The number of amides is 2. The van der Waals surface area contributed by atoms with Crippen LogP contribution in [0.2, 0.25) is 0 Å². The Kier molecular flexibility index (Phi) is 6.33. The average molecular weight is 396 g/mol. The zero-order chi connectivity index (χ0) is 19.9. The van der Waals surface area contributed by atoms with Gasteiger partial charge in [-0.2, -0.15) is 0 Å². The number of nitrogens with one attached hydrogen (secondary N) is 2. The molecular formula is C20H20N4O3S. The van der Waals surface area contributed by atoms with Crippen LogP contribution >= 0.6 is 11.3 Å². The van der Waals surface area contributed by atoms with Crippen LogP contribution in [-0.4, -0.2) is 28.6 Å². The number of aromatic nitrogens is 2. The van der Waals surface area contributed by atoms with Crippen molar-refractivity contribution in [1.29, 1.82) is 0 Å². The number of nitrogens with zero attached hydrogens (tertiary/aromatic N) is 2. The second kappa shape index (κ2) is 9.09. The van der Waals surface area contributed by atoms with Crippen LogP contribution in [0.4, 0.5) is 5.69 Å². The van der Waals surface area contributed by atoms with Crippen LogP contribution in [0.5, 0.6) is 5.75 Å². The van der Waals surface area contributed by atoms with E-state index in [0.717, 1.165) is 11.3 Å². The molecule has 2 N–H and O–H groups in total. The lowest BCUT2D eigenvalue weighted by Gasteiger charge is -2.11. The Morgan fingerprint density at radius 3 is 2.64 bits per heavy atom. The van der Waals surface area contributed by atoms with Gasteiger partial charge in [-0.3, -0.25) is 9.59 Å².